The largest absolute Gasteiger partial charge is 0.343 e. The van der Waals surface area contributed by atoms with Crippen LogP contribution in [-0.4, -0.2) is 35.3 Å². The average molecular weight is 222 g/mol. The second-order valence-corrected chi connectivity index (χ2v) is 4.13. The molecule has 1 heterocycles. The second kappa shape index (κ2) is 5.55. The van der Waals surface area contributed by atoms with E-state index in [1.165, 1.54) is 0 Å². The number of rotatable bonds is 4. The highest BCUT2D eigenvalue weighted by atomic mass is 16.2. The molecular weight excluding hydrogens is 204 g/mol. The van der Waals surface area contributed by atoms with Crippen LogP contribution in [0.3, 0.4) is 0 Å². The van der Waals surface area contributed by atoms with Gasteiger partial charge in [0, 0.05) is 12.5 Å². The highest BCUT2D eigenvalue weighted by molar-refractivity contribution is 5.95. The number of nitrogens with zero attached hydrogens (tertiary/aromatic N) is 1. The molecule has 0 aromatic heterocycles. The van der Waals surface area contributed by atoms with Crippen LogP contribution in [0.5, 0.6) is 0 Å². The fraction of sp³-hybridized carbons (Fsp3) is 0.667. The molecule has 1 aliphatic heterocycles. The van der Waals surface area contributed by atoms with E-state index in [0.717, 1.165) is 6.42 Å². The molecule has 16 heavy (non-hydrogen) atoms. The zero-order valence-corrected chi connectivity index (χ0v) is 9.82. The van der Waals surface area contributed by atoms with Gasteiger partial charge in [-0.1, -0.05) is 13.3 Å². The van der Waals surface area contributed by atoms with Crippen LogP contribution < -0.4 is 5.32 Å². The number of piperazine rings is 1. The lowest BCUT2D eigenvalue weighted by Gasteiger charge is -2.35. The molecule has 2 atom stereocenters. The first-order valence-corrected chi connectivity index (χ1v) is 5.63. The van der Waals surface area contributed by atoms with E-state index >= 15 is 0 Å². The molecule has 0 spiro atoms. The van der Waals surface area contributed by atoms with E-state index in [-0.39, 0.29) is 30.4 Å². The number of hydrogen-bond donors (Lipinski definition) is 1. The lowest BCUT2D eigenvalue weighted by Crippen LogP contribution is -2.60. The summed E-state index contributed by atoms with van der Waals surface area (Å²) in [6, 6.07) is -0.436. The van der Waals surface area contributed by atoms with Gasteiger partial charge < -0.3 is 10.2 Å². The molecule has 1 N–H and O–H groups in total. The van der Waals surface area contributed by atoms with E-state index in [2.05, 4.69) is 11.2 Å². The summed E-state index contributed by atoms with van der Waals surface area (Å²) >= 11 is 0. The van der Waals surface area contributed by atoms with Gasteiger partial charge in [-0.25, -0.2) is 0 Å². The van der Waals surface area contributed by atoms with Crippen LogP contribution in [0.1, 0.15) is 33.1 Å². The maximum atomic E-state index is 12.0. The van der Waals surface area contributed by atoms with Gasteiger partial charge in [-0.3, -0.25) is 9.59 Å². The number of hydrogen-bond acceptors (Lipinski definition) is 2. The molecule has 1 fully saturated rings. The number of terminal acetylenes is 1. The van der Waals surface area contributed by atoms with Crippen LogP contribution >= 0.6 is 0 Å². The Labute approximate surface area is 96.4 Å². The molecule has 0 aromatic rings. The van der Waals surface area contributed by atoms with Crippen LogP contribution in [0.15, 0.2) is 0 Å². The molecule has 0 aliphatic carbocycles. The quantitative estimate of drug-likeness (QED) is 0.705. The van der Waals surface area contributed by atoms with Crippen molar-refractivity contribution in [2.45, 2.75) is 45.2 Å². The summed E-state index contributed by atoms with van der Waals surface area (Å²) in [5.41, 5.74) is 0. The first-order chi connectivity index (χ1) is 7.60. The van der Waals surface area contributed by atoms with Crippen LogP contribution in [0.25, 0.3) is 0 Å². The summed E-state index contributed by atoms with van der Waals surface area (Å²) < 4.78 is 0. The highest BCUT2D eigenvalue weighted by Gasteiger charge is 2.34. The maximum Gasteiger partial charge on any atom is 0.245 e. The Hall–Kier alpha value is -1.50. The van der Waals surface area contributed by atoms with E-state index in [9.17, 15) is 9.59 Å². The van der Waals surface area contributed by atoms with Crippen LogP contribution in [0.2, 0.25) is 0 Å². The SMILES string of the molecule is C#CCC(C)N1CC(=O)NC(CCC)C1=O. The normalized spacial score (nSPS) is 22.6. The smallest absolute Gasteiger partial charge is 0.245 e. The third kappa shape index (κ3) is 2.75. The first kappa shape index (κ1) is 12.6. The summed E-state index contributed by atoms with van der Waals surface area (Å²) in [4.78, 5) is 25.1. The molecule has 88 valence electrons. The van der Waals surface area contributed by atoms with Gasteiger partial charge >= 0.3 is 0 Å². The van der Waals surface area contributed by atoms with E-state index in [1.54, 1.807) is 4.90 Å². The summed E-state index contributed by atoms with van der Waals surface area (Å²) in [7, 11) is 0. The molecule has 0 bridgehead atoms. The van der Waals surface area contributed by atoms with Gasteiger partial charge in [0.05, 0.1) is 6.54 Å². The van der Waals surface area contributed by atoms with Crippen molar-refractivity contribution in [1.29, 1.82) is 0 Å². The lowest BCUT2D eigenvalue weighted by molar-refractivity contribution is -0.146. The standard InChI is InChI=1S/C12H18N2O2/c1-4-6-9(3)14-8-11(15)13-10(7-5-2)12(14)16/h1,9-10H,5-8H2,2-3H3,(H,13,15). The topological polar surface area (TPSA) is 49.4 Å². The fourth-order valence-electron chi connectivity index (χ4n) is 1.87. The third-order valence-corrected chi connectivity index (χ3v) is 2.75. The van der Waals surface area contributed by atoms with Crippen molar-refractivity contribution in [3.63, 3.8) is 0 Å². The number of carbonyl (C=O) groups excluding carboxylic acids is 2. The van der Waals surface area contributed by atoms with E-state index in [4.69, 9.17) is 6.42 Å². The van der Waals surface area contributed by atoms with E-state index in [0.29, 0.717) is 12.8 Å². The molecule has 2 amide bonds. The predicted octanol–water partition coefficient (Wildman–Crippen LogP) is 0.525. The van der Waals surface area contributed by atoms with Crippen molar-refractivity contribution in [3.05, 3.63) is 0 Å². The van der Waals surface area contributed by atoms with Crippen molar-refractivity contribution in [3.8, 4) is 12.3 Å². The predicted molar refractivity (Wildman–Crippen MR) is 61.5 cm³/mol. The third-order valence-electron chi connectivity index (χ3n) is 2.75. The van der Waals surface area contributed by atoms with Crippen LogP contribution in [0, 0.1) is 12.3 Å². The second-order valence-electron chi connectivity index (χ2n) is 4.13. The monoisotopic (exact) mass is 222 g/mol. The fourth-order valence-corrected chi connectivity index (χ4v) is 1.87. The van der Waals surface area contributed by atoms with Gasteiger partial charge in [-0.15, -0.1) is 12.3 Å². The van der Waals surface area contributed by atoms with Crippen LogP contribution in [-0.2, 0) is 9.59 Å². The minimum atomic E-state index is -0.369. The molecule has 4 nitrogen and oxygen atoms in total. The van der Waals surface area contributed by atoms with Crippen molar-refractivity contribution >= 4 is 11.8 Å². The molecule has 0 aromatic carbocycles. The first-order valence-electron chi connectivity index (χ1n) is 5.63. The number of carbonyl (C=O) groups is 2. The molecule has 2 unspecified atom stereocenters. The molecule has 0 saturated carbocycles. The minimum absolute atomic E-state index is 0.01000. The Morgan fingerprint density at radius 1 is 1.62 bits per heavy atom. The Kier molecular flexibility index (Phi) is 4.36. The lowest BCUT2D eigenvalue weighted by atomic mass is 10.1. The Bertz CT molecular complexity index is 319. The Morgan fingerprint density at radius 2 is 2.31 bits per heavy atom. The summed E-state index contributed by atoms with van der Waals surface area (Å²) in [6.07, 6.45) is 7.26. The molecule has 0 radical (unpaired) electrons. The Balaban J connectivity index is 2.73. The molecule has 1 rings (SSSR count). The number of amides is 2. The van der Waals surface area contributed by atoms with Crippen molar-refractivity contribution < 1.29 is 9.59 Å². The van der Waals surface area contributed by atoms with Crippen molar-refractivity contribution in [2.75, 3.05) is 6.54 Å². The molecule has 4 heteroatoms. The zero-order valence-electron chi connectivity index (χ0n) is 9.82. The Morgan fingerprint density at radius 3 is 2.88 bits per heavy atom. The molecule has 1 saturated heterocycles. The van der Waals surface area contributed by atoms with Crippen molar-refractivity contribution in [1.82, 2.24) is 10.2 Å². The minimum Gasteiger partial charge on any atom is -0.343 e. The van der Waals surface area contributed by atoms with E-state index < -0.39 is 0 Å². The maximum absolute atomic E-state index is 12.0. The van der Waals surface area contributed by atoms with E-state index in [1.807, 2.05) is 13.8 Å². The van der Waals surface area contributed by atoms with Gasteiger partial charge in [-0.05, 0) is 13.3 Å². The van der Waals surface area contributed by atoms with Crippen molar-refractivity contribution in [2.24, 2.45) is 0 Å². The van der Waals surface area contributed by atoms with Crippen LogP contribution in [0.4, 0.5) is 0 Å². The molecular formula is C12H18N2O2. The zero-order chi connectivity index (χ0) is 12.1. The van der Waals surface area contributed by atoms with Gasteiger partial charge in [0.25, 0.3) is 0 Å². The van der Waals surface area contributed by atoms with Gasteiger partial charge in [0.2, 0.25) is 11.8 Å². The summed E-state index contributed by atoms with van der Waals surface area (Å²) in [5.74, 6) is 2.42. The van der Waals surface area contributed by atoms with Gasteiger partial charge in [0.15, 0.2) is 0 Å². The van der Waals surface area contributed by atoms with Gasteiger partial charge in [0.1, 0.15) is 6.04 Å². The summed E-state index contributed by atoms with van der Waals surface area (Å²) in [6.45, 7) is 3.99. The highest BCUT2D eigenvalue weighted by Crippen LogP contribution is 2.12. The average Bonchev–Trinajstić information content (AvgIpc) is 2.23. The number of nitrogens with one attached hydrogen (secondary N) is 1. The van der Waals surface area contributed by atoms with Gasteiger partial charge in [-0.2, -0.15) is 0 Å². The molecule has 1 aliphatic rings. The summed E-state index contributed by atoms with van der Waals surface area (Å²) in [5, 5.41) is 2.71.